The van der Waals surface area contributed by atoms with Crippen LogP contribution in [-0.4, -0.2) is 27.3 Å². The van der Waals surface area contributed by atoms with Crippen LogP contribution in [-0.2, 0) is 39.5 Å². The summed E-state index contributed by atoms with van der Waals surface area (Å²) in [6.45, 7) is 15.5. The SMILES string of the molecule is C=C[C@H]1C2=Cc3[n-]c(c(CCC(=O)O)c3C)C=c3[n-]c(c(C)c3CCC(=O)O)=CC3=C(C)[C@H](C(=C)O)C(=CC(=C1C)[N-]2)[N-]3.[Fe+4]. The molecule has 10 heteroatoms. The Kier molecular flexibility index (Phi) is 9.37. The third kappa shape index (κ3) is 6.00. The van der Waals surface area contributed by atoms with E-state index in [0.29, 0.717) is 39.2 Å². The smallest absolute Gasteiger partial charge is 0.661 e. The Morgan fingerprint density at radius 2 is 1.39 bits per heavy atom. The number of aliphatic carboxylic acids is 2. The van der Waals surface area contributed by atoms with Crippen LogP contribution < -0.4 is 20.7 Å². The summed E-state index contributed by atoms with van der Waals surface area (Å²) in [7, 11) is 0. The number of aromatic nitrogens is 2. The van der Waals surface area contributed by atoms with Crippen molar-refractivity contribution in [3.05, 3.63) is 120 Å². The maximum Gasteiger partial charge on any atom is 4.00 e. The van der Waals surface area contributed by atoms with Crippen LogP contribution in [0.1, 0.15) is 60.3 Å². The van der Waals surface area contributed by atoms with Crippen molar-refractivity contribution < 1.29 is 42.0 Å². The summed E-state index contributed by atoms with van der Waals surface area (Å²) in [5, 5.41) is 40.5. The minimum atomic E-state index is -0.919. The van der Waals surface area contributed by atoms with Crippen LogP contribution >= 0.6 is 0 Å². The second-order valence-corrected chi connectivity index (χ2v) is 11.2. The third-order valence-electron chi connectivity index (χ3n) is 8.46. The average molecular weight is 635 g/mol. The van der Waals surface area contributed by atoms with E-state index in [1.54, 1.807) is 0 Å². The molecule has 2 aromatic heterocycles. The molecule has 0 fully saturated rings. The Balaban J connectivity index is 0.00000442. The summed E-state index contributed by atoms with van der Waals surface area (Å²) < 4.78 is 0. The summed E-state index contributed by atoms with van der Waals surface area (Å²) in [6, 6.07) is 0. The summed E-state index contributed by atoms with van der Waals surface area (Å²) in [4.78, 5) is 32.9. The standard InChI is InChI=1S/C34H34N4O5.Fe/c1-7-21-16(2)26-14-31-34(20(6)39)19(5)27(38-31)12-24-17(3)22(8-10-32(40)41)29(36-24)15-30-23(9-11-33(42)43)18(4)25(37-30)13-28(21)35-26;/h7,12-15,21,34,39H,1,6,8-11H2,2-5H3,(H,40,41)(H,42,43);/q-4;+4/t21-,34-;/m1./s1. The van der Waals surface area contributed by atoms with Gasteiger partial charge in [-0.1, -0.05) is 70.4 Å². The fraction of sp³-hybridized carbons (Fsp3) is 0.294. The van der Waals surface area contributed by atoms with Crippen molar-refractivity contribution in [1.29, 1.82) is 0 Å². The van der Waals surface area contributed by atoms with Gasteiger partial charge in [-0.25, -0.2) is 0 Å². The van der Waals surface area contributed by atoms with Gasteiger partial charge < -0.3 is 35.9 Å². The van der Waals surface area contributed by atoms with Gasteiger partial charge in [0.1, 0.15) is 0 Å². The number of fused-ring (bicyclic) bond motifs is 8. The molecule has 0 aliphatic carbocycles. The van der Waals surface area contributed by atoms with E-state index in [0.717, 1.165) is 39.1 Å². The maximum absolute atomic E-state index is 11.5. The molecular weight excluding hydrogens is 600 g/mol. The van der Waals surface area contributed by atoms with Crippen LogP contribution in [0.25, 0.3) is 28.9 Å². The van der Waals surface area contributed by atoms with E-state index in [1.165, 1.54) is 0 Å². The first-order valence-electron chi connectivity index (χ1n) is 14.1. The minimum absolute atomic E-state index is 0. The molecule has 0 saturated carbocycles. The molecule has 228 valence electrons. The molecule has 3 N–H and O–H groups in total. The molecule has 3 aliphatic rings. The number of hydrogen-bond donors (Lipinski definition) is 3. The molecule has 0 saturated heterocycles. The van der Waals surface area contributed by atoms with Crippen molar-refractivity contribution in [3.8, 4) is 0 Å². The van der Waals surface area contributed by atoms with Crippen molar-refractivity contribution in [3.63, 3.8) is 0 Å². The molecule has 0 unspecified atom stereocenters. The van der Waals surface area contributed by atoms with E-state index in [9.17, 15) is 24.9 Å². The normalized spacial score (nSPS) is 18.7. The Morgan fingerprint density at radius 3 is 2.00 bits per heavy atom. The molecule has 0 amide bonds. The fourth-order valence-electron chi connectivity index (χ4n) is 6.00. The Bertz CT molecular complexity index is 1830. The number of allylic oxidation sites excluding steroid dienone is 3. The second kappa shape index (κ2) is 12.7. The van der Waals surface area contributed by atoms with E-state index in [1.807, 2.05) is 58.1 Å². The number of carbonyl (C=O) groups is 2. The summed E-state index contributed by atoms with van der Waals surface area (Å²) in [5.41, 5.74) is 8.99. The van der Waals surface area contributed by atoms with E-state index >= 15 is 0 Å². The van der Waals surface area contributed by atoms with Crippen LogP contribution in [0.3, 0.4) is 0 Å². The molecule has 5 heterocycles. The summed E-state index contributed by atoms with van der Waals surface area (Å²) in [6.07, 6.45) is 9.67. The van der Waals surface area contributed by atoms with Gasteiger partial charge >= 0.3 is 29.0 Å². The van der Waals surface area contributed by atoms with E-state index in [-0.39, 0.29) is 54.4 Å². The topological polar surface area (TPSA) is 151 Å². The first-order valence-corrected chi connectivity index (χ1v) is 14.1. The number of aliphatic hydroxyl groups is 1. The number of hydrogen-bond acceptors (Lipinski definition) is 3. The van der Waals surface area contributed by atoms with Crippen LogP contribution in [0.15, 0.2) is 65.0 Å². The van der Waals surface area contributed by atoms with E-state index in [4.69, 9.17) is 20.6 Å². The molecule has 44 heavy (non-hydrogen) atoms. The molecular formula is C34H34FeN4O5. The quantitative estimate of drug-likeness (QED) is 0.212. The minimum Gasteiger partial charge on any atom is -0.661 e. The van der Waals surface area contributed by atoms with Gasteiger partial charge in [0.15, 0.2) is 0 Å². The van der Waals surface area contributed by atoms with Crippen molar-refractivity contribution >= 4 is 30.2 Å². The van der Waals surface area contributed by atoms with Crippen LogP contribution in [0, 0.1) is 25.7 Å². The molecule has 0 aromatic carbocycles. The number of carboxylic acids is 2. The number of aliphatic hydroxyl groups excluding tert-OH is 1. The molecule has 0 spiro atoms. The molecule has 9 nitrogen and oxygen atoms in total. The number of carboxylic acid groups (broad SMARTS) is 2. The summed E-state index contributed by atoms with van der Waals surface area (Å²) in [5.74, 6) is -2.54. The predicted octanol–water partition coefficient (Wildman–Crippen LogP) is 4.91. The molecule has 8 bridgehead atoms. The largest absolute Gasteiger partial charge is 4.00 e. The zero-order chi connectivity index (χ0) is 31.2. The Hall–Kier alpha value is -4.40. The zero-order valence-corrected chi connectivity index (χ0v) is 26.2. The Morgan fingerprint density at radius 1 is 0.773 bits per heavy atom. The molecule has 2 atom stereocenters. The van der Waals surface area contributed by atoms with Gasteiger partial charge in [-0.3, -0.25) is 9.59 Å². The van der Waals surface area contributed by atoms with Gasteiger partial charge in [-0.15, -0.1) is 51.5 Å². The fourth-order valence-corrected chi connectivity index (χ4v) is 6.00. The van der Waals surface area contributed by atoms with Crippen molar-refractivity contribution in [2.24, 2.45) is 11.8 Å². The van der Waals surface area contributed by atoms with Gasteiger partial charge in [0.25, 0.3) is 0 Å². The second-order valence-electron chi connectivity index (χ2n) is 11.2. The van der Waals surface area contributed by atoms with Crippen LogP contribution in [0.2, 0.25) is 0 Å². The van der Waals surface area contributed by atoms with Crippen molar-refractivity contribution in [2.75, 3.05) is 0 Å². The van der Waals surface area contributed by atoms with Crippen molar-refractivity contribution in [2.45, 2.75) is 53.4 Å². The zero-order valence-electron chi connectivity index (χ0n) is 25.1. The van der Waals surface area contributed by atoms with E-state index in [2.05, 4.69) is 13.2 Å². The van der Waals surface area contributed by atoms with Gasteiger partial charge in [0, 0.05) is 24.7 Å². The number of nitrogens with zero attached hydrogens (tertiary/aromatic N) is 4. The van der Waals surface area contributed by atoms with Crippen LogP contribution in [0.5, 0.6) is 0 Å². The first-order chi connectivity index (χ1) is 20.4. The predicted molar refractivity (Wildman–Crippen MR) is 165 cm³/mol. The van der Waals surface area contributed by atoms with Gasteiger partial charge in [-0.05, 0) is 40.5 Å². The Labute approximate surface area is 266 Å². The molecule has 2 aromatic rings. The first kappa shape index (κ1) is 32.5. The monoisotopic (exact) mass is 634 g/mol. The van der Waals surface area contributed by atoms with Gasteiger partial charge in [0.2, 0.25) is 0 Å². The van der Waals surface area contributed by atoms with Gasteiger partial charge in [0.05, 0.1) is 5.76 Å². The number of rotatable bonds is 8. The molecule has 3 aliphatic heterocycles. The maximum atomic E-state index is 11.5. The average Bonchev–Trinajstić information content (AvgIpc) is 3.59. The van der Waals surface area contributed by atoms with Crippen LogP contribution in [0.4, 0.5) is 0 Å². The van der Waals surface area contributed by atoms with Crippen molar-refractivity contribution in [1.82, 2.24) is 9.97 Å². The van der Waals surface area contributed by atoms with E-state index < -0.39 is 17.9 Å². The van der Waals surface area contributed by atoms with Gasteiger partial charge in [-0.2, -0.15) is 0 Å². The summed E-state index contributed by atoms with van der Waals surface area (Å²) >= 11 is 0. The third-order valence-corrected chi connectivity index (χ3v) is 8.46. The molecule has 0 radical (unpaired) electrons. The molecule has 5 rings (SSSR count).